The predicted octanol–water partition coefficient (Wildman–Crippen LogP) is 7.62. The number of thiazole rings is 1. The molecule has 43 heavy (non-hydrogen) atoms. The molecule has 1 fully saturated rings. The number of nitrogens with one attached hydrogen (secondary N) is 1. The third-order valence-corrected chi connectivity index (χ3v) is 9.84. The van der Waals surface area contributed by atoms with E-state index in [9.17, 15) is 4.79 Å². The van der Waals surface area contributed by atoms with Gasteiger partial charge in [0.15, 0.2) is 5.13 Å². The van der Waals surface area contributed by atoms with Gasteiger partial charge >= 0.3 is 0 Å². The van der Waals surface area contributed by atoms with Crippen LogP contribution in [0.5, 0.6) is 5.75 Å². The molecule has 0 radical (unpaired) electrons. The second-order valence-corrected chi connectivity index (χ2v) is 12.9. The molecule has 6 rings (SSSR count). The third-order valence-electron chi connectivity index (χ3n) is 8.20. The number of rotatable bonds is 10. The highest BCUT2D eigenvalue weighted by atomic mass is 35.5. The van der Waals surface area contributed by atoms with Crippen molar-refractivity contribution in [1.29, 1.82) is 0 Å². The average molecular weight is 636 g/mol. The number of piperidine rings is 1. The highest BCUT2D eigenvalue weighted by Crippen LogP contribution is 2.31. The van der Waals surface area contributed by atoms with Gasteiger partial charge in [0.05, 0.1) is 22.3 Å². The van der Waals surface area contributed by atoms with E-state index in [1.807, 2.05) is 30.3 Å². The van der Waals surface area contributed by atoms with Gasteiger partial charge in [-0.3, -0.25) is 9.69 Å². The lowest BCUT2D eigenvalue weighted by Gasteiger charge is -2.32. The van der Waals surface area contributed by atoms with Gasteiger partial charge in [-0.15, -0.1) is 11.3 Å². The predicted molar refractivity (Wildman–Crippen MR) is 176 cm³/mol. The molecule has 0 spiro atoms. The van der Waals surface area contributed by atoms with Crippen molar-refractivity contribution < 1.29 is 9.53 Å². The van der Waals surface area contributed by atoms with Crippen LogP contribution in [-0.4, -0.2) is 48.1 Å². The molecule has 224 valence electrons. The molecule has 2 aliphatic rings. The molecule has 1 saturated heterocycles. The van der Waals surface area contributed by atoms with Gasteiger partial charge in [-0.2, -0.15) is 0 Å². The maximum absolute atomic E-state index is 12.5. The summed E-state index contributed by atoms with van der Waals surface area (Å²) >= 11 is 13.9. The number of ether oxygens (including phenoxy) is 1. The van der Waals surface area contributed by atoms with Gasteiger partial charge in [0.1, 0.15) is 5.75 Å². The van der Waals surface area contributed by atoms with Crippen LogP contribution in [0.1, 0.15) is 42.4 Å². The Hall–Kier alpha value is -3.10. The van der Waals surface area contributed by atoms with Gasteiger partial charge in [-0.05, 0) is 78.8 Å². The molecule has 0 bridgehead atoms. The van der Waals surface area contributed by atoms with E-state index < -0.39 is 0 Å². The molecule has 3 aromatic carbocycles. The van der Waals surface area contributed by atoms with Gasteiger partial charge in [0.25, 0.3) is 0 Å². The molecule has 1 amide bonds. The minimum atomic E-state index is 0.0958. The van der Waals surface area contributed by atoms with E-state index >= 15 is 0 Å². The second-order valence-electron chi connectivity index (χ2n) is 11.3. The molecule has 6 nitrogen and oxygen atoms in total. The summed E-state index contributed by atoms with van der Waals surface area (Å²) in [6.07, 6.45) is 4.09. The van der Waals surface area contributed by atoms with Crippen molar-refractivity contribution in [1.82, 2.24) is 15.2 Å². The number of anilines is 1. The fraction of sp³-hybridized carbons (Fsp3) is 0.353. The van der Waals surface area contributed by atoms with Crippen LogP contribution < -0.4 is 15.0 Å². The van der Waals surface area contributed by atoms with Gasteiger partial charge in [0.2, 0.25) is 5.91 Å². The van der Waals surface area contributed by atoms with E-state index in [1.54, 1.807) is 11.3 Å². The number of carbonyl (C=O) groups excluding carboxylic acids is 1. The zero-order chi connectivity index (χ0) is 29.6. The number of benzene rings is 3. The van der Waals surface area contributed by atoms with Crippen LogP contribution in [0.15, 0.2) is 72.1 Å². The first-order chi connectivity index (χ1) is 21.0. The maximum atomic E-state index is 12.5. The first kappa shape index (κ1) is 29.9. The van der Waals surface area contributed by atoms with Crippen LogP contribution in [0.3, 0.4) is 0 Å². The Balaban J connectivity index is 0.888. The standard InChI is InChI=1S/C34H36Cl2N4O2S/c35-30-12-7-24(20-31(30)36)21-39-16-14-28(15-17-39)37-33(41)6-3-19-42-29-10-8-26(9-11-29)32-23-43-34(38-32)40-18-13-25-4-1-2-5-27(25)22-40/h1-2,4-5,7-12,20,23,28H,3,6,13-19,21-22H2,(H,37,41). The van der Waals surface area contributed by atoms with Crippen molar-refractivity contribution in [2.75, 3.05) is 31.1 Å². The van der Waals surface area contributed by atoms with Crippen molar-refractivity contribution >= 4 is 45.6 Å². The quantitative estimate of drug-likeness (QED) is 0.182. The first-order valence-corrected chi connectivity index (χ1v) is 16.6. The number of fused-ring (bicyclic) bond motifs is 1. The van der Waals surface area contributed by atoms with E-state index in [0.29, 0.717) is 29.5 Å². The van der Waals surface area contributed by atoms with Gasteiger partial charge < -0.3 is 15.0 Å². The van der Waals surface area contributed by atoms with Crippen LogP contribution in [0.2, 0.25) is 10.0 Å². The van der Waals surface area contributed by atoms with Crippen molar-refractivity contribution in [3.63, 3.8) is 0 Å². The minimum absolute atomic E-state index is 0.0958. The van der Waals surface area contributed by atoms with Crippen molar-refractivity contribution in [3.8, 4) is 17.0 Å². The summed E-state index contributed by atoms with van der Waals surface area (Å²) in [7, 11) is 0. The van der Waals surface area contributed by atoms with Gasteiger partial charge in [-0.1, -0.05) is 53.5 Å². The van der Waals surface area contributed by atoms with Crippen molar-refractivity contribution in [2.45, 2.75) is 51.2 Å². The van der Waals surface area contributed by atoms with Crippen LogP contribution in [0.4, 0.5) is 5.13 Å². The van der Waals surface area contributed by atoms with Crippen molar-refractivity contribution in [3.05, 3.63) is 98.8 Å². The maximum Gasteiger partial charge on any atom is 0.220 e. The number of aromatic nitrogens is 1. The topological polar surface area (TPSA) is 57.7 Å². The number of likely N-dealkylation sites (tertiary alicyclic amines) is 1. The smallest absolute Gasteiger partial charge is 0.220 e. The normalized spacial score (nSPS) is 15.7. The molecule has 0 atom stereocenters. The van der Waals surface area contributed by atoms with Crippen LogP contribution in [0, 0.1) is 0 Å². The van der Waals surface area contributed by atoms with Crippen LogP contribution >= 0.6 is 34.5 Å². The molecule has 3 heterocycles. The lowest BCUT2D eigenvalue weighted by atomic mass is 10.0. The van der Waals surface area contributed by atoms with E-state index in [1.165, 1.54) is 11.1 Å². The lowest BCUT2D eigenvalue weighted by Crippen LogP contribution is -2.44. The molecule has 2 aliphatic heterocycles. The number of amides is 1. The van der Waals surface area contributed by atoms with E-state index in [0.717, 1.165) is 79.7 Å². The molecule has 1 aromatic heterocycles. The SMILES string of the molecule is O=C(CCCOc1ccc(-c2csc(N3CCc4ccccc4C3)n2)cc1)NC1CCN(Cc2ccc(Cl)c(Cl)c2)CC1. The van der Waals surface area contributed by atoms with Gasteiger partial charge in [-0.25, -0.2) is 4.98 Å². The summed E-state index contributed by atoms with van der Waals surface area (Å²) < 4.78 is 5.93. The summed E-state index contributed by atoms with van der Waals surface area (Å²) in [4.78, 5) is 22.2. The number of hydrogen-bond donors (Lipinski definition) is 1. The molecule has 1 N–H and O–H groups in total. The highest BCUT2D eigenvalue weighted by Gasteiger charge is 2.21. The van der Waals surface area contributed by atoms with E-state index in [2.05, 4.69) is 56.9 Å². The fourth-order valence-electron chi connectivity index (χ4n) is 5.78. The summed E-state index contributed by atoms with van der Waals surface area (Å²) in [5.74, 6) is 0.903. The fourth-order valence-corrected chi connectivity index (χ4v) is 6.96. The Morgan fingerprint density at radius 2 is 1.77 bits per heavy atom. The van der Waals surface area contributed by atoms with Crippen molar-refractivity contribution in [2.24, 2.45) is 0 Å². The Bertz CT molecular complexity index is 1540. The van der Waals surface area contributed by atoms with E-state index in [4.69, 9.17) is 32.9 Å². The van der Waals surface area contributed by atoms with Crippen LogP contribution in [0.25, 0.3) is 11.3 Å². The number of halogens is 2. The average Bonchev–Trinajstić information content (AvgIpc) is 3.53. The summed E-state index contributed by atoms with van der Waals surface area (Å²) in [5, 5.41) is 7.57. The Labute approximate surface area is 267 Å². The summed E-state index contributed by atoms with van der Waals surface area (Å²) in [6.45, 7) is 5.14. The molecule has 9 heteroatoms. The molecule has 0 unspecified atom stereocenters. The highest BCUT2D eigenvalue weighted by molar-refractivity contribution is 7.14. The third kappa shape index (κ3) is 7.90. The zero-order valence-corrected chi connectivity index (χ0v) is 26.4. The Kier molecular flexibility index (Phi) is 9.84. The second kappa shape index (κ2) is 14.1. The summed E-state index contributed by atoms with van der Waals surface area (Å²) in [6, 6.07) is 22.8. The Morgan fingerprint density at radius 3 is 2.56 bits per heavy atom. The Morgan fingerprint density at radius 1 is 0.977 bits per heavy atom. The zero-order valence-electron chi connectivity index (χ0n) is 24.1. The molecular weight excluding hydrogens is 599 g/mol. The molecular formula is C34H36Cl2N4O2S. The lowest BCUT2D eigenvalue weighted by molar-refractivity contribution is -0.122. The monoisotopic (exact) mass is 634 g/mol. The number of carbonyl (C=O) groups is 1. The van der Waals surface area contributed by atoms with Crippen LogP contribution in [-0.2, 0) is 24.3 Å². The molecule has 0 aliphatic carbocycles. The molecule has 0 saturated carbocycles. The molecule has 4 aromatic rings. The number of hydrogen-bond acceptors (Lipinski definition) is 6. The number of nitrogens with zero attached hydrogens (tertiary/aromatic N) is 3. The largest absolute Gasteiger partial charge is 0.494 e. The van der Waals surface area contributed by atoms with Gasteiger partial charge in [0, 0.05) is 56.1 Å². The summed E-state index contributed by atoms with van der Waals surface area (Å²) in [5.41, 5.74) is 6.06. The van der Waals surface area contributed by atoms with E-state index in [-0.39, 0.29) is 11.9 Å². The first-order valence-electron chi connectivity index (χ1n) is 15.0. The minimum Gasteiger partial charge on any atom is -0.494 e.